The topological polar surface area (TPSA) is 77.1 Å². The summed E-state index contributed by atoms with van der Waals surface area (Å²) in [5.74, 6) is 1.86. The molecule has 1 N–H and O–H groups in total. The molecule has 0 aliphatic carbocycles. The number of ether oxygens (including phenoxy) is 3. The summed E-state index contributed by atoms with van der Waals surface area (Å²) >= 11 is 1.67. The minimum Gasteiger partial charge on any atom is -0.497 e. The third-order valence-corrected chi connectivity index (χ3v) is 5.74. The van der Waals surface area contributed by atoms with Crippen LogP contribution >= 0.6 is 11.8 Å². The highest BCUT2D eigenvalue weighted by Crippen LogP contribution is 2.43. The molecule has 0 saturated carbocycles. The molecule has 1 saturated heterocycles. The van der Waals surface area contributed by atoms with Crippen molar-refractivity contribution < 1.29 is 23.8 Å². The van der Waals surface area contributed by atoms with Gasteiger partial charge in [-0.3, -0.25) is 0 Å². The number of methoxy groups -OCH3 is 2. The first kappa shape index (κ1) is 20.9. The number of carbonyl (C=O) groups excluding carboxylic acids is 2. The van der Waals surface area contributed by atoms with Crippen LogP contribution in [0.4, 0.5) is 10.5 Å². The summed E-state index contributed by atoms with van der Waals surface area (Å²) in [6, 6.07) is 12.0. The molecule has 154 valence electrons. The zero-order chi connectivity index (χ0) is 20.8. The third-order valence-electron chi connectivity index (χ3n) is 4.50. The molecule has 2 aromatic carbocycles. The van der Waals surface area contributed by atoms with Crippen LogP contribution in [0.1, 0.15) is 28.2 Å². The molecule has 1 aliphatic heterocycles. The van der Waals surface area contributed by atoms with Crippen LogP contribution in [0.2, 0.25) is 0 Å². The van der Waals surface area contributed by atoms with E-state index in [0.29, 0.717) is 35.9 Å². The van der Waals surface area contributed by atoms with Crippen molar-refractivity contribution in [2.45, 2.75) is 12.3 Å². The van der Waals surface area contributed by atoms with Crippen LogP contribution < -0.4 is 14.8 Å². The number of anilines is 1. The summed E-state index contributed by atoms with van der Waals surface area (Å²) in [5, 5.41) is 2.72. The SMILES string of the molecule is CCOC(=O)c1ccc(NC(=O)N2CCS[C@H]2c2cc(OC)ccc2OC)cc1. The lowest BCUT2D eigenvalue weighted by Crippen LogP contribution is -2.34. The average Bonchev–Trinajstić information content (AvgIpc) is 3.24. The van der Waals surface area contributed by atoms with Crippen LogP contribution in [0.25, 0.3) is 0 Å². The van der Waals surface area contributed by atoms with Gasteiger partial charge in [-0.25, -0.2) is 9.59 Å². The molecule has 0 spiro atoms. The van der Waals surface area contributed by atoms with Crippen molar-refractivity contribution in [3.63, 3.8) is 0 Å². The lowest BCUT2D eigenvalue weighted by atomic mass is 10.1. The Labute approximate surface area is 174 Å². The summed E-state index contributed by atoms with van der Waals surface area (Å²) in [7, 11) is 3.22. The molecule has 2 amide bonds. The molecule has 7 nitrogen and oxygen atoms in total. The lowest BCUT2D eigenvalue weighted by Gasteiger charge is -2.26. The number of benzene rings is 2. The van der Waals surface area contributed by atoms with Crippen LogP contribution in [0.15, 0.2) is 42.5 Å². The van der Waals surface area contributed by atoms with Gasteiger partial charge < -0.3 is 24.4 Å². The van der Waals surface area contributed by atoms with Crippen LogP contribution in [-0.2, 0) is 4.74 Å². The number of hydrogen-bond donors (Lipinski definition) is 1. The van der Waals surface area contributed by atoms with E-state index in [1.165, 1.54) is 0 Å². The molecular weight excluding hydrogens is 392 g/mol. The van der Waals surface area contributed by atoms with E-state index in [-0.39, 0.29) is 17.4 Å². The zero-order valence-electron chi connectivity index (χ0n) is 16.6. The first-order chi connectivity index (χ1) is 14.1. The van der Waals surface area contributed by atoms with Gasteiger partial charge in [-0.15, -0.1) is 11.8 Å². The van der Waals surface area contributed by atoms with Gasteiger partial charge >= 0.3 is 12.0 Å². The number of rotatable bonds is 6. The molecule has 0 aromatic heterocycles. The Morgan fingerprint density at radius 1 is 1.14 bits per heavy atom. The summed E-state index contributed by atoms with van der Waals surface area (Å²) in [6.07, 6.45) is 0. The summed E-state index contributed by atoms with van der Waals surface area (Å²) < 4.78 is 15.8. The van der Waals surface area contributed by atoms with Crippen molar-refractivity contribution in [1.82, 2.24) is 4.90 Å². The smallest absolute Gasteiger partial charge is 0.338 e. The molecule has 0 unspecified atom stereocenters. The predicted octanol–water partition coefficient (Wildman–Crippen LogP) is 4.16. The Balaban J connectivity index is 1.75. The van der Waals surface area contributed by atoms with E-state index in [1.54, 1.807) is 62.1 Å². The lowest BCUT2D eigenvalue weighted by molar-refractivity contribution is 0.0526. The van der Waals surface area contributed by atoms with Crippen molar-refractivity contribution in [2.75, 3.05) is 38.4 Å². The Hall–Kier alpha value is -2.87. The van der Waals surface area contributed by atoms with Gasteiger partial charge in [0.1, 0.15) is 16.9 Å². The van der Waals surface area contributed by atoms with E-state index in [9.17, 15) is 9.59 Å². The van der Waals surface area contributed by atoms with E-state index in [4.69, 9.17) is 14.2 Å². The fourth-order valence-electron chi connectivity index (χ4n) is 3.07. The monoisotopic (exact) mass is 416 g/mol. The van der Waals surface area contributed by atoms with E-state index in [1.807, 2.05) is 18.2 Å². The molecular formula is C21H24N2O5S. The second-order valence-corrected chi connectivity index (χ2v) is 7.44. The van der Waals surface area contributed by atoms with Gasteiger partial charge in [-0.05, 0) is 49.4 Å². The van der Waals surface area contributed by atoms with Crippen molar-refractivity contribution in [3.8, 4) is 11.5 Å². The van der Waals surface area contributed by atoms with E-state index in [2.05, 4.69) is 5.32 Å². The maximum absolute atomic E-state index is 12.9. The van der Waals surface area contributed by atoms with E-state index in [0.717, 1.165) is 11.3 Å². The molecule has 1 heterocycles. The minimum absolute atomic E-state index is 0.182. The normalized spacial score (nSPS) is 15.7. The Kier molecular flexibility index (Phi) is 6.87. The molecule has 2 aromatic rings. The number of thioether (sulfide) groups is 1. The van der Waals surface area contributed by atoms with E-state index >= 15 is 0 Å². The number of nitrogens with zero attached hydrogens (tertiary/aromatic N) is 1. The van der Waals surface area contributed by atoms with Gasteiger partial charge in [0.15, 0.2) is 0 Å². The average molecular weight is 416 g/mol. The fraction of sp³-hybridized carbons (Fsp3) is 0.333. The highest BCUT2D eigenvalue weighted by Gasteiger charge is 2.33. The maximum atomic E-state index is 12.9. The van der Waals surface area contributed by atoms with Crippen LogP contribution in [0.5, 0.6) is 11.5 Å². The van der Waals surface area contributed by atoms with Crippen LogP contribution in [-0.4, -0.2) is 50.0 Å². The quantitative estimate of drug-likeness (QED) is 0.713. The fourth-order valence-corrected chi connectivity index (χ4v) is 4.34. The van der Waals surface area contributed by atoms with Crippen molar-refractivity contribution in [2.24, 2.45) is 0 Å². The van der Waals surface area contributed by atoms with Gasteiger partial charge in [0.05, 0.1) is 26.4 Å². The summed E-state index contributed by atoms with van der Waals surface area (Å²) in [5.41, 5.74) is 1.94. The third kappa shape index (κ3) is 4.76. The minimum atomic E-state index is -0.383. The van der Waals surface area contributed by atoms with Gasteiger partial charge in [0, 0.05) is 23.5 Å². The number of nitrogens with one attached hydrogen (secondary N) is 1. The number of carbonyl (C=O) groups is 2. The number of esters is 1. The first-order valence-electron chi connectivity index (χ1n) is 9.25. The maximum Gasteiger partial charge on any atom is 0.338 e. The number of urea groups is 1. The molecule has 0 radical (unpaired) electrons. The molecule has 1 fully saturated rings. The zero-order valence-corrected chi connectivity index (χ0v) is 17.5. The Morgan fingerprint density at radius 2 is 1.90 bits per heavy atom. The summed E-state index contributed by atoms with van der Waals surface area (Å²) in [6.45, 7) is 2.69. The second kappa shape index (κ2) is 9.56. The van der Waals surface area contributed by atoms with Gasteiger partial charge in [-0.2, -0.15) is 0 Å². The molecule has 3 rings (SSSR count). The Morgan fingerprint density at radius 3 is 2.55 bits per heavy atom. The summed E-state index contributed by atoms with van der Waals surface area (Å²) in [4.78, 5) is 26.4. The molecule has 1 atom stereocenters. The van der Waals surface area contributed by atoms with Gasteiger partial charge in [0.25, 0.3) is 0 Å². The predicted molar refractivity (Wildman–Crippen MR) is 113 cm³/mol. The first-order valence-corrected chi connectivity index (χ1v) is 10.3. The molecule has 29 heavy (non-hydrogen) atoms. The van der Waals surface area contributed by atoms with Crippen molar-refractivity contribution in [1.29, 1.82) is 0 Å². The largest absolute Gasteiger partial charge is 0.497 e. The van der Waals surface area contributed by atoms with Crippen molar-refractivity contribution in [3.05, 3.63) is 53.6 Å². The standard InChI is InChI=1S/C21H24N2O5S/c1-4-28-20(24)14-5-7-15(8-6-14)22-21(25)23-11-12-29-19(23)17-13-16(26-2)9-10-18(17)27-3/h5-10,13,19H,4,11-12H2,1-3H3,(H,22,25)/t19-/m0/s1. The van der Waals surface area contributed by atoms with Crippen molar-refractivity contribution >= 4 is 29.4 Å². The number of amides is 2. The van der Waals surface area contributed by atoms with Gasteiger partial charge in [0.2, 0.25) is 0 Å². The van der Waals surface area contributed by atoms with Gasteiger partial charge in [-0.1, -0.05) is 0 Å². The number of hydrogen-bond acceptors (Lipinski definition) is 6. The Bertz CT molecular complexity index is 872. The molecule has 8 heteroatoms. The second-order valence-electron chi connectivity index (χ2n) is 6.25. The highest BCUT2D eigenvalue weighted by molar-refractivity contribution is 7.99. The molecule has 0 bridgehead atoms. The van der Waals surface area contributed by atoms with Crippen LogP contribution in [0.3, 0.4) is 0 Å². The van der Waals surface area contributed by atoms with Crippen LogP contribution in [0, 0.1) is 0 Å². The van der Waals surface area contributed by atoms with E-state index < -0.39 is 0 Å². The molecule has 1 aliphatic rings. The highest BCUT2D eigenvalue weighted by atomic mass is 32.2.